The van der Waals surface area contributed by atoms with Crippen molar-refractivity contribution in [2.45, 2.75) is 20.0 Å². The van der Waals surface area contributed by atoms with Crippen molar-refractivity contribution in [2.24, 2.45) is 7.05 Å². The van der Waals surface area contributed by atoms with Crippen LogP contribution in [0.3, 0.4) is 0 Å². The van der Waals surface area contributed by atoms with Crippen LogP contribution in [0.4, 0.5) is 0 Å². The number of nitrogens with zero attached hydrogens (tertiary/aromatic N) is 2. The zero-order valence-electron chi connectivity index (χ0n) is 12.5. The summed E-state index contributed by atoms with van der Waals surface area (Å²) < 4.78 is 17.8. The molecule has 1 N–H and O–H groups in total. The standard InChI is InChI=1S/C15H19N3O3/c1-10-12(15(19-3)18(2)17-10)8-16-7-11-4-5-13-14(6-11)21-9-20-13/h4-6,16H,7-9H2,1-3H3. The summed E-state index contributed by atoms with van der Waals surface area (Å²) in [5.74, 6) is 2.42. The van der Waals surface area contributed by atoms with Crippen molar-refractivity contribution < 1.29 is 14.2 Å². The Morgan fingerprint density at radius 3 is 2.90 bits per heavy atom. The van der Waals surface area contributed by atoms with E-state index >= 15 is 0 Å². The molecule has 6 nitrogen and oxygen atoms in total. The molecule has 0 fully saturated rings. The first-order valence-electron chi connectivity index (χ1n) is 6.84. The summed E-state index contributed by atoms with van der Waals surface area (Å²) in [6, 6.07) is 5.98. The largest absolute Gasteiger partial charge is 0.481 e. The number of hydrogen-bond donors (Lipinski definition) is 1. The molecule has 0 saturated heterocycles. The molecule has 0 radical (unpaired) electrons. The van der Waals surface area contributed by atoms with Gasteiger partial charge in [0, 0.05) is 20.1 Å². The lowest BCUT2D eigenvalue weighted by atomic mass is 10.2. The number of aromatic nitrogens is 2. The van der Waals surface area contributed by atoms with Gasteiger partial charge in [0.1, 0.15) is 0 Å². The summed E-state index contributed by atoms with van der Waals surface area (Å²) >= 11 is 0. The molecule has 2 aromatic rings. The van der Waals surface area contributed by atoms with E-state index < -0.39 is 0 Å². The third-order valence-electron chi connectivity index (χ3n) is 3.55. The highest BCUT2D eigenvalue weighted by atomic mass is 16.7. The van der Waals surface area contributed by atoms with E-state index in [1.54, 1.807) is 11.8 Å². The van der Waals surface area contributed by atoms with Crippen LogP contribution >= 0.6 is 0 Å². The van der Waals surface area contributed by atoms with Crippen molar-refractivity contribution in [3.05, 3.63) is 35.0 Å². The molecule has 1 aromatic carbocycles. The average Bonchev–Trinajstić information content (AvgIpc) is 3.03. The molecule has 0 amide bonds. The van der Waals surface area contributed by atoms with Crippen LogP contribution in [0.15, 0.2) is 18.2 Å². The van der Waals surface area contributed by atoms with Gasteiger partial charge in [-0.2, -0.15) is 5.10 Å². The number of methoxy groups -OCH3 is 1. The Bertz CT molecular complexity index is 652. The highest BCUT2D eigenvalue weighted by Crippen LogP contribution is 2.32. The van der Waals surface area contributed by atoms with Gasteiger partial charge >= 0.3 is 0 Å². The molecule has 0 saturated carbocycles. The minimum atomic E-state index is 0.304. The Morgan fingerprint density at radius 2 is 2.10 bits per heavy atom. The molecule has 0 bridgehead atoms. The minimum Gasteiger partial charge on any atom is -0.481 e. The normalized spacial score (nSPS) is 12.7. The van der Waals surface area contributed by atoms with Gasteiger partial charge in [-0.05, 0) is 24.6 Å². The highest BCUT2D eigenvalue weighted by Gasteiger charge is 2.15. The predicted molar refractivity (Wildman–Crippen MR) is 77.6 cm³/mol. The molecule has 2 heterocycles. The highest BCUT2D eigenvalue weighted by molar-refractivity contribution is 5.44. The first-order valence-corrected chi connectivity index (χ1v) is 6.84. The van der Waals surface area contributed by atoms with Crippen molar-refractivity contribution in [1.29, 1.82) is 0 Å². The van der Waals surface area contributed by atoms with Gasteiger partial charge < -0.3 is 19.5 Å². The van der Waals surface area contributed by atoms with Gasteiger partial charge in [-0.3, -0.25) is 0 Å². The number of benzene rings is 1. The first kappa shape index (κ1) is 13.8. The maximum atomic E-state index is 5.38. The summed E-state index contributed by atoms with van der Waals surface area (Å²) in [5, 5.41) is 7.78. The molecule has 0 spiro atoms. The summed E-state index contributed by atoms with van der Waals surface area (Å²) in [5.41, 5.74) is 3.22. The average molecular weight is 289 g/mol. The molecule has 1 aliphatic heterocycles. The van der Waals surface area contributed by atoms with Gasteiger partial charge in [0.25, 0.3) is 0 Å². The van der Waals surface area contributed by atoms with Crippen LogP contribution in [0.1, 0.15) is 16.8 Å². The minimum absolute atomic E-state index is 0.304. The Kier molecular flexibility index (Phi) is 3.70. The van der Waals surface area contributed by atoms with E-state index in [1.807, 2.05) is 32.2 Å². The van der Waals surface area contributed by atoms with Crippen LogP contribution in [0, 0.1) is 6.92 Å². The zero-order valence-corrected chi connectivity index (χ0v) is 12.5. The van der Waals surface area contributed by atoms with Crippen molar-refractivity contribution in [2.75, 3.05) is 13.9 Å². The van der Waals surface area contributed by atoms with E-state index in [4.69, 9.17) is 14.2 Å². The van der Waals surface area contributed by atoms with Gasteiger partial charge in [0.2, 0.25) is 12.7 Å². The molecule has 0 unspecified atom stereocenters. The molecule has 1 aromatic heterocycles. The summed E-state index contributed by atoms with van der Waals surface area (Å²) in [6.45, 7) is 3.74. The van der Waals surface area contributed by atoms with E-state index in [-0.39, 0.29) is 0 Å². The van der Waals surface area contributed by atoms with Crippen LogP contribution in [0.2, 0.25) is 0 Å². The molecule has 1 aliphatic rings. The Labute approximate surface area is 123 Å². The smallest absolute Gasteiger partial charge is 0.231 e. The molecule has 21 heavy (non-hydrogen) atoms. The Balaban J connectivity index is 1.64. The molecule has 3 rings (SSSR count). The van der Waals surface area contributed by atoms with E-state index in [1.165, 1.54) is 0 Å². The molecular weight excluding hydrogens is 270 g/mol. The van der Waals surface area contributed by atoms with Gasteiger partial charge in [0.15, 0.2) is 11.5 Å². The van der Waals surface area contributed by atoms with Crippen LogP contribution in [0.25, 0.3) is 0 Å². The fourth-order valence-electron chi connectivity index (χ4n) is 2.52. The third-order valence-corrected chi connectivity index (χ3v) is 3.55. The second-order valence-electron chi connectivity index (χ2n) is 4.99. The fourth-order valence-corrected chi connectivity index (χ4v) is 2.52. The van der Waals surface area contributed by atoms with Crippen molar-refractivity contribution in [1.82, 2.24) is 15.1 Å². The SMILES string of the molecule is COc1c(CNCc2ccc3c(c2)OCO3)c(C)nn1C. The summed E-state index contributed by atoms with van der Waals surface area (Å²) in [6.07, 6.45) is 0. The number of hydrogen-bond acceptors (Lipinski definition) is 5. The molecular formula is C15H19N3O3. The zero-order chi connectivity index (χ0) is 14.8. The van der Waals surface area contributed by atoms with Gasteiger partial charge in [-0.15, -0.1) is 0 Å². The lowest BCUT2D eigenvalue weighted by Gasteiger charge is -2.07. The fraction of sp³-hybridized carbons (Fsp3) is 0.400. The number of fused-ring (bicyclic) bond motifs is 1. The van der Waals surface area contributed by atoms with Crippen molar-refractivity contribution in [3.63, 3.8) is 0 Å². The van der Waals surface area contributed by atoms with E-state index in [0.717, 1.165) is 40.7 Å². The maximum Gasteiger partial charge on any atom is 0.231 e. The Hall–Kier alpha value is -2.21. The number of aryl methyl sites for hydroxylation is 2. The van der Waals surface area contributed by atoms with E-state index in [2.05, 4.69) is 10.4 Å². The summed E-state index contributed by atoms with van der Waals surface area (Å²) in [4.78, 5) is 0. The van der Waals surface area contributed by atoms with Gasteiger partial charge in [-0.25, -0.2) is 4.68 Å². The van der Waals surface area contributed by atoms with Crippen LogP contribution in [0.5, 0.6) is 17.4 Å². The monoisotopic (exact) mass is 289 g/mol. The topological polar surface area (TPSA) is 57.5 Å². The van der Waals surface area contributed by atoms with Crippen LogP contribution in [-0.4, -0.2) is 23.7 Å². The van der Waals surface area contributed by atoms with Crippen molar-refractivity contribution in [3.8, 4) is 17.4 Å². The third kappa shape index (κ3) is 2.67. The molecule has 112 valence electrons. The number of nitrogens with one attached hydrogen (secondary N) is 1. The van der Waals surface area contributed by atoms with E-state index in [9.17, 15) is 0 Å². The second kappa shape index (κ2) is 5.65. The van der Waals surface area contributed by atoms with Gasteiger partial charge in [-0.1, -0.05) is 6.07 Å². The Morgan fingerprint density at radius 1 is 1.29 bits per heavy atom. The second-order valence-corrected chi connectivity index (χ2v) is 4.99. The molecule has 6 heteroatoms. The van der Waals surface area contributed by atoms with Crippen LogP contribution in [-0.2, 0) is 20.1 Å². The molecule has 0 atom stereocenters. The number of rotatable bonds is 5. The lowest BCUT2D eigenvalue weighted by Crippen LogP contribution is -2.13. The first-order chi connectivity index (χ1) is 10.2. The maximum absolute atomic E-state index is 5.38. The quantitative estimate of drug-likeness (QED) is 0.909. The summed E-state index contributed by atoms with van der Waals surface area (Å²) in [7, 11) is 3.55. The molecule has 0 aliphatic carbocycles. The van der Waals surface area contributed by atoms with Gasteiger partial charge in [0.05, 0.1) is 18.4 Å². The predicted octanol–water partition coefficient (Wildman–Crippen LogP) is 1.76. The number of ether oxygens (including phenoxy) is 3. The van der Waals surface area contributed by atoms with Crippen molar-refractivity contribution >= 4 is 0 Å². The lowest BCUT2D eigenvalue weighted by molar-refractivity contribution is 0.174. The van der Waals surface area contributed by atoms with Crippen LogP contribution < -0.4 is 19.5 Å². The van der Waals surface area contributed by atoms with E-state index in [0.29, 0.717) is 13.3 Å².